The van der Waals surface area contributed by atoms with E-state index in [1.807, 2.05) is 22.2 Å². The first-order valence-corrected chi connectivity index (χ1v) is 6.01. The van der Waals surface area contributed by atoms with E-state index in [0.29, 0.717) is 0 Å². The van der Waals surface area contributed by atoms with E-state index < -0.39 is 0 Å². The Morgan fingerprint density at radius 1 is 1.47 bits per heavy atom. The molecule has 0 fully saturated rings. The van der Waals surface area contributed by atoms with Gasteiger partial charge in [-0.15, -0.1) is 11.3 Å². The summed E-state index contributed by atoms with van der Waals surface area (Å²) in [5.74, 6) is 0. The van der Waals surface area contributed by atoms with E-state index in [1.165, 1.54) is 0 Å². The van der Waals surface area contributed by atoms with Crippen molar-refractivity contribution in [3.63, 3.8) is 0 Å². The summed E-state index contributed by atoms with van der Waals surface area (Å²) in [5, 5.41) is 13.9. The van der Waals surface area contributed by atoms with Gasteiger partial charge in [0.15, 0.2) is 4.96 Å². The van der Waals surface area contributed by atoms with Crippen molar-refractivity contribution in [2.75, 3.05) is 13.2 Å². The van der Waals surface area contributed by atoms with Crippen molar-refractivity contribution in [1.82, 2.24) is 14.7 Å². The van der Waals surface area contributed by atoms with Gasteiger partial charge in [0, 0.05) is 30.9 Å². The van der Waals surface area contributed by atoms with Gasteiger partial charge in [-0.3, -0.25) is 4.40 Å². The van der Waals surface area contributed by atoms with Crippen LogP contribution >= 0.6 is 11.3 Å². The smallest absolute Gasteiger partial charge is 0.193 e. The summed E-state index contributed by atoms with van der Waals surface area (Å²) in [6.07, 6.45) is 5.94. The molecule has 4 nitrogen and oxygen atoms in total. The maximum absolute atomic E-state index is 8.61. The number of thiazole rings is 1. The number of hydrogen-bond donors (Lipinski definition) is 2. The van der Waals surface area contributed by atoms with Crippen molar-refractivity contribution in [2.24, 2.45) is 0 Å². The molecule has 0 amide bonds. The number of nitrogens with zero attached hydrogens (tertiary/aromatic N) is 2. The zero-order chi connectivity index (χ0) is 10.5. The van der Waals surface area contributed by atoms with Crippen LogP contribution in [0.15, 0.2) is 17.8 Å². The molecule has 0 aliphatic carbocycles. The fourth-order valence-electron chi connectivity index (χ4n) is 1.44. The van der Waals surface area contributed by atoms with E-state index in [2.05, 4.69) is 10.3 Å². The molecule has 2 aromatic heterocycles. The first-order valence-electron chi connectivity index (χ1n) is 5.13. The average Bonchev–Trinajstić information content (AvgIpc) is 2.77. The Morgan fingerprint density at radius 2 is 2.40 bits per heavy atom. The molecule has 82 valence electrons. The number of aromatic nitrogens is 2. The Bertz CT molecular complexity index is 381. The number of aliphatic hydroxyl groups is 1. The third-order valence-corrected chi connectivity index (χ3v) is 2.98. The Balaban J connectivity index is 1.77. The molecule has 0 bridgehead atoms. The molecule has 2 rings (SSSR count). The molecular formula is C10H15N3OS. The minimum Gasteiger partial charge on any atom is -0.396 e. The first-order chi connectivity index (χ1) is 7.40. The number of aliphatic hydroxyl groups excluding tert-OH is 1. The predicted octanol–water partition coefficient (Wildman–Crippen LogP) is 1.26. The van der Waals surface area contributed by atoms with E-state index in [4.69, 9.17) is 5.11 Å². The molecule has 0 atom stereocenters. The molecule has 2 N–H and O–H groups in total. The molecule has 5 heteroatoms. The molecule has 15 heavy (non-hydrogen) atoms. The van der Waals surface area contributed by atoms with Gasteiger partial charge in [-0.2, -0.15) is 0 Å². The quantitative estimate of drug-likeness (QED) is 0.728. The van der Waals surface area contributed by atoms with Crippen molar-refractivity contribution in [2.45, 2.75) is 19.4 Å². The molecule has 0 aliphatic rings. The van der Waals surface area contributed by atoms with Gasteiger partial charge in [-0.1, -0.05) is 0 Å². The predicted molar refractivity (Wildman–Crippen MR) is 61.1 cm³/mol. The van der Waals surface area contributed by atoms with Gasteiger partial charge in [-0.05, 0) is 19.4 Å². The van der Waals surface area contributed by atoms with Crippen LogP contribution in [0.1, 0.15) is 18.5 Å². The fraction of sp³-hybridized carbons (Fsp3) is 0.500. The summed E-state index contributed by atoms with van der Waals surface area (Å²) in [5.41, 5.74) is 1.07. The van der Waals surface area contributed by atoms with Crippen LogP contribution in [-0.4, -0.2) is 27.6 Å². The topological polar surface area (TPSA) is 49.6 Å². The number of rotatable bonds is 6. The lowest BCUT2D eigenvalue weighted by Gasteiger charge is -2.00. The van der Waals surface area contributed by atoms with Crippen LogP contribution in [0.5, 0.6) is 0 Å². The van der Waals surface area contributed by atoms with Crippen LogP contribution < -0.4 is 5.32 Å². The lowest BCUT2D eigenvalue weighted by Crippen LogP contribution is -2.15. The van der Waals surface area contributed by atoms with Crippen molar-refractivity contribution < 1.29 is 5.11 Å². The molecule has 0 unspecified atom stereocenters. The highest BCUT2D eigenvalue weighted by molar-refractivity contribution is 7.15. The van der Waals surface area contributed by atoms with Crippen molar-refractivity contribution in [3.8, 4) is 0 Å². The van der Waals surface area contributed by atoms with Gasteiger partial charge >= 0.3 is 0 Å². The van der Waals surface area contributed by atoms with Crippen LogP contribution in [-0.2, 0) is 6.54 Å². The van der Waals surface area contributed by atoms with Crippen LogP contribution in [0.25, 0.3) is 4.96 Å². The minimum absolute atomic E-state index is 0.280. The van der Waals surface area contributed by atoms with Gasteiger partial charge in [-0.25, -0.2) is 4.98 Å². The highest BCUT2D eigenvalue weighted by atomic mass is 32.1. The van der Waals surface area contributed by atoms with Gasteiger partial charge in [0.25, 0.3) is 0 Å². The van der Waals surface area contributed by atoms with Crippen molar-refractivity contribution >= 4 is 16.3 Å². The maximum atomic E-state index is 8.61. The average molecular weight is 225 g/mol. The summed E-state index contributed by atoms with van der Waals surface area (Å²) in [6, 6.07) is 0. The molecule has 0 saturated heterocycles. The van der Waals surface area contributed by atoms with Crippen molar-refractivity contribution in [3.05, 3.63) is 23.5 Å². The Labute approximate surface area is 92.6 Å². The lowest BCUT2D eigenvalue weighted by molar-refractivity contribution is 0.283. The summed E-state index contributed by atoms with van der Waals surface area (Å²) >= 11 is 1.65. The van der Waals surface area contributed by atoms with Crippen LogP contribution in [0, 0.1) is 0 Å². The molecule has 2 heterocycles. The molecule has 0 radical (unpaired) electrons. The third kappa shape index (κ3) is 2.77. The van der Waals surface area contributed by atoms with Crippen LogP contribution in [0.3, 0.4) is 0 Å². The molecular weight excluding hydrogens is 210 g/mol. The molecule has 0 spiro atoms. The maximum Gasteiger partial charge on any atom is 0.193 e. The van der Waals surface area contributed by atoms with Crippen molar-refractivity contribution in [1.29, 1.82) is 0 Å². The SMILES string of the molecule is OCCCCNCc1cn2ccsc2n1. The minimum atomic E-state index is 0.280. The van der Waals surface area contributed by atoms with Gasteiger partial charge in [0.1, 0.15) is 0 Å². The standard InChI is InChI=1S/C10H15N3OS/c14-5-2-1-3-11-7-9-8-13-4-6-15-10(13)12-9/h4,6,8,11,14H,1-3,5,7H2. The second-order valence-corrected chi connectivity index (χ2v) is 4.31. The number of imidazole rings is 1. The Hall–Kier alpha value is -0.910. The highest BCUT2D eigenvalue weighted by Crippen LogP contribution is 2.10. The summed E-state index contributed by atoms with van der Waals surface area (Å²) in [4.78, 5) is 5.50. The fourth-order valence-corrected chi connectivity index (χ4v) is 2.16. The normalized spacial score (nSPS) is 11.3. The van der Waals surface area contributed by atoms with E-state index in [1.54, 1.807) is 11.3 Å². The highest BCUT2D eigenvalue weighted by Gasteiger charge is 2.00. The zero-order valence-electron chi connectivity index (χ0n) is 8.52. The monoisotopic (exact) mass is 225 g/mol. The largest absolute Gasteiger partial charge is 0.396 e. The Kier molecular flexibility index (Phi) is 3.71. The summed E-state index contributed by atoms with van der Waals surface area (Å²) in [7, 11) is 0. The summed E-state index contributed by atoms with van der Waals surface area (Å²) < 4.78 is 2.04. The molecule has 0 aromatic carbocycles. The molecule has 0 aliphatic heterocycles. The van der Waals surface area contributed by atoms with Crippen LogP contribution in [0.4, 0.5) is 0 Å². The second kappa shape index (κ2) is 5.25. The second-order valence-electron chi connectivity index (χ2n) is 3.43. The number of fused-ring (bicyclic) bond motifs is 1. The van der Waals surface area contributed by atoms with Gasteiger partial charge in [0.2, 0.25) is 0 Å². The van der Waals surface area contributed by atoms with Gasteiger partial charge in [0.05, 0.1) is 5.69 Å². The third-order valence-electron chi connectivity index (χ3n) is 2.21. The first kappa shape index (κ1) is 10.6. The number of hydrogen-bond acceptors (Lipinski definition) is 4. The Morgan fingerprint density at radius 3 is 3.20 bits per heavy atom. The molecule has 2 aromatic rings. The molecule has 0 saturated carbocycles. The van der Waals surface area contributed by atoms with E-state index in [0.717, 1.165) is 36.6 Å². The van der Waals surface area contributed by atoms with E-state index in [-0.39, 0.29) is 6.61 Å². The number of unbranched alkanes of at least 4 members (excludes halogenated alkanes) is 1. The van der Waals surface area contributed by atoms with Gasteiger partial charge < -0.3 is 10.4 Å². The lowest BCUT2D eigenvalue weighted by atomic mass is 10.3. The van der Waals surface area contributed by atoms with E-state index in [9.17, 15) is 0 Å². The number of nitrogens with one attached hydrogen (secondary N) is 1. The van der Waals surface area contributed by atoms with Crippen LogP contribution in [0.2, 0.25) is 0 Å². The van der Waals surface area contributed by atoms with E-state index >= 15 is 0 Å². The zero-order valence-corrected chi connectivity index (χ0v) is 9.33. The summed E-state index contributed by atoms with van der Waals surface area (Å²) in [6.45, 7) is 2.02.